The Morgan fingerprint density at radius 2 is 1.94 bits per heavy atom. The lowest BCUT2D eigenvalue weighted by Crippen LogP contribution is -2.00. The van der Waals surface area contributed by atoms with Crippen LogP contribution in [0.25, 0.3) is 6.08 Å². The normalized spacial score (nSPS) is 11.2. The minimum Gasteiger partial charge on any atom is -0.469 e. The molecule has 0 spiro atoms. The quantitative estimate of drug-likeness (QED) is 0.708. The first-order valence-corrected chi connectivity index (χ1v) is 5.57. The fourth-order valence-electron chi connectivity index (χ4n) is 1.50. The van der Waals surface area contributed by atoms with E-state index < -0.39 is 0 Å². The monoisotopic (exact) mass is 218 g/mol. The number of hydrogen-bond donors (Lipinski definition) is 0. The molecule has 0 saturated heterocycles. The highest BCUT2D eigenvalue weighted by molar-refractivity contribution is 5.69. The molecular weight excluding hydrogens is 200 g/mol. The highest BCUT2D eigenvalue weighted by atomic mass is 16.5. The Labute approximate surface area is 96.9 Å². The standard InChI is InChI=1S/C14H18O2/c1-3-12(9-10-14(15)16-2)11-13-7-5-4-6-8-13/h4-8,11H,3,9-10H2,1-2H3/b12-11+. The smallest absolute Gasteiger partial charge is 0.305 e. The number of benzene rings is 1. The third kappa shape index (κ3) is 4.30. The second-order valence-corrected chi connectivity index (χ2v) is 3.64. The molecular formula is C14H18O2. The maximum absolute atomic E-state index is 11.0. The molecule has 2 heteroatoms. The number of carbonyl (C=O) groups excluding carboxylic acids is 1. The third-order valence-electron chi connectivity index (χ3n) is 2.50. The van der Waals surface area contributed by atoms with Crippen LogP contribution in [0.1, 0.15) is 31.7 Å². The zero-order valence-corrected chi connectivity index (χ0v) is 9.90. The van der Waals surface area contributed by atoms with Crippen LogP contribution in [0.3, 0.4) is 0 Å². The lowest BCUT2D eigenvalue weighted by atomic mass is 10.0. The van der Waals surface area contributed by atoms with E-state index in [-0.39, 0.29) is 5.97 Å². The minimum atomic E-state index is -0.146. The molecule has 0 N–H and O–H groups in total. The number of rotatable bonds is 5. The summed E-state index contributed by atoms with van der Waals surface area (Å²) in [6.07, 6.45) is 4.34. The van der Waals surface area contributed by atoms with E-state index >= 15 is 0 Å². The first kappa shape index (κ1) is 12.5. The van der Waals surface area contributed by atoms with Crippen molar-refractivity contribution in [3.8, 4) is 0 Å². The maximum Gasteiger partial charge on any atom is 0.305 e. The highest BCUT2D eigenvalue weighted by Gasteiger charge is 2.02. The van der Waals surface area contributed by atoms with Crippen LogP contribution in [-0.2, 0) is 9.53 Å². The average Bonchev–Trinajstić information content (AvgIpc) is 2.35. The Morgan fingerprint density at radius 1 is 1.25 bits per heavy atom. The Bertz CT molecular complexity index is 352. The molecule has 0 radical (unpaired) electrons. The average molecular weight is 218 g/mol. The molecule has 0 amide bonds. The summed E-state index contributed by atoms with van der Waals surface area (Å²) in [6.45, 7) is 2.10. The summed E-state index contributed by atoms with van der Waals surface area (Å²) >= 11 is 0. The molecule has 0 saturated carbocycles. The van der Waals surface area contributed by atoms with Gasteiger partial charge in [-0.25, -0.2) is 0 Å². The molecule has 1 aromatic rings. The summed E-state index contributed by atoms with van der Waals surface area (Å²) in [5.41, 5.74) is 2.46. The molecule has 16 heavy (non-hydrogen) atoms. The van der Waals surface area contributed by atoms with E-state index in [0.717, 1.165) is 12.8 Å². The highest BCUT2D eigenvalue weighted by Crippen LogP contribution is 2.15. The molecule has 0 aliphatic heterocycles. The van der Waals surface area contributed by atoms with Gasteiger partial charge in [0.05, 0.1) is 7.11 Å². The van der Waals surface area contributed by atoms with E-state index in [9.17, 15) is 4.79 Å². The van der Waals surface area contributed by atoms with E-state index in [1.54, 1.807) is 0 Å². The fourth-order valence-corrected chi connectivity index (χ4v) is 1.50. The Hall–Kier alpha value is -1.57. The topological polar surface area (TPSA) is 26.3 Å². The Morgan fingerprint density at radius 3 is 2.50 bits per heavy atom. The molecule has 2 nitrogen and oxygen atoms in total. The number of carbonyl (C=O) groups is 1. The number of ether oxygens (including phenoxy) is 1. The summed E-state index contributed by atoms with van der Waals surface area (Å²) in [6, 6.07) is 10.2. The fraction of sp³-hybridized carbons (Fsp3) is 0.357. The zero-order chi connectivity index (χ0) is 11.8. The second kappa shape index (κ2) is 6.83. The van der Waals surface area contributed by atoms with Crippen LogP contribution in [0, 0.1) is 0 Å². The predicted octanol–water partition coefficient (Wildman–Crippen LogP) is 3.43. The molecule has 1 rings (SSSR count). The molecule has 0 heterocycles. The van der Waals surface area contributed by atoms with Crippen LogP contribution in [0.4, 0.5) is 0 Å². The van der Waals surface area contributed by atoms with Crippen molar-refractivity contribution in [3.63, 3.8) is 0 Å². The van der Waals surface area contributed by atoms with Crippen LogP contribution in [-0.4, -0.2) is 13.1 Å². The molecule has 86 valence electrons. The van der Waals surface area contributed by atoms with E-state index in [0.29, 0.717) is 6.42 Å². The van der Waals surface area contributed by atoms with Crippen molar-refractivity contribution in [1.82, 2.24) is 0 Å². The lowest BCUT2D eigenvalue weighted by molar-refractivity contribution is -0.140. The maximum atomic E-state index is 11.0. The van der Waals surface area contributed by atoms with Gasteiger partial charge in [-0.15, -0.1) is 0 Å². The van der Waals surface area contributed by atoms with Gasteiger partial charge < -0.3 is 4.74 Å². The van der Waals surface area contributed by atoms with E-state index in [1.807, 2.05) is 18.2 Å². The number of methoxy groups -OCH3 is 1. The van der Waals surface area contributed by atoms with E-state index in [2.05, 4.69) is 29.9 Å². The van der Waals surface area contributed by atoms with Gasteiger partial charge in [0, 0.05) is 6.42 Å². The summed E-state index contributed by atoms with van der Waals surface area (Å²) in [7, 11) is 1.43. The van der Waals surface area contributed by atoms with Crippen molar-refractivity contribution in [1.29, 1.82) is 0 Å². The Kier molecular flexibility index (Phi) is 5.34. The second-order valence-electron chi connectivity index (χ2n) is 3.64. The van der Waals surface area contributed by atoms with Gasteiger partial charge in [-0.2, -0.15) is 0 Å². The summed E-state index contributed by atoms with van der Waals surface area (Å²) in [5.74, 6) is -0.146. The summed E-state index contributed by atoms with van der Waals surface area (Å²) in [5, 5.41) is 0. The van der Waals surface area contributed by atoms with Crippen molar-refractivity contribution in [2.24, 2.45) is 0 Å². The van der Waals surface area contributed by atoms with Crippen molar-refractivity contribution in [3.05, 3.63) is 41.5 Å². The number of hydrogen-bond acceptors (Lipinski definition) is 2. The largest absolute Gasteiger partial charge is 0.469 e. The summed E-state index contributed by atoms with van der Waals surface area (Å²) in [4.78, 5) is 11.0. The molecule has 0 atom stereocenters. The molecule has 0 aliphatic carbocycles. The van der Waals surface area contributed by atoms with E-state index in [4.69, 9.17) is 0 Å². The van der Waals surface area contributed by atoms with Crippen LogP contribution in [0.2, 0.25) is 0 Å². The first-order valence-electron chi connectivity index (χ1n) is 5.57. The van der Waals surface area contributed by atoms with E-state index in [1.165, 1.54) is 18.2 Å². The van der Waals surface area contributed by atoms with Crippen molar-refractivity contribution in [2.75, 3.05) is 7.11 Å². The molecule has 0 fully saturated rings. The van der Waals surface area contributed by atoms with Gasteiger partial charge in [-0.3, -0.25) is 4.79 Å². The van der Waals surface area contributed by atoms with Crippen molar-refractivity contribution >= 4 is 12.0 Å². The first-order chi connectivity index (χ1) is 7.76. The van der Waals surface area contributed by atoms with Gasteiger partial charge in [0.25, 0.3) is 0 Å². The van der Waals surface area contributed by atoms with Gasteiger partial charge in [0.1, 0.15) is 0 Å². The molecule has 0 aromatic heterocycles. The molecule has 0 aliphatic rings. The van der Waals surface area contributed by atoms with Gasteiger partial charge in [0.2, 0.25) is 0 Å². The van der Waals surface area contributed by atoms with Gasteiger partial charge in [-0.05, 0) is 18.4 Å². The number of allylic oxidation sites excluding steroid dienone is 1. The molecule has 0 unspecified atom stereocenters. The minimum absolute atomic E-state index is 0.146. The third-order valence-corrected chi connectivity index (χ3v) is 2.50. The van der Waals surface area contributed by atoms with Gasteiger partial charge in [0.15, 0.2) is 0 Å². The van der Waals surface area contributed by atoms with Crippen LogP contribution in [0.5, 0.6) is 0 Å². The summed E-state index contributed by atoms with van der Waals surface area (Å²) < 4.78 is 4.63. The number of esters is 1. The van der Waals surface area contributed by atoms with Gasteiger partial charge >= 0.3 is 5.97 Å². The Balaban J connectivity index is 2.60. The van der Waals surface area contributed by atoms with Crippen LogP contribution in [0.15, 0.2) is 35.9 Å². The SMILES string of the molecule is CC/C(=C\c1ccccc1)CCC(=O)OC. The van der Waals surface area contributed by atoms with Crippen molar-refractivity contribution < 1.29 is 9.53 Å². The van der Waals surface area contributed by atoms with Gasteiger partial charge in [-0.1, -0.05) is 48.9 Å². The van der Waals surface area contributed by atoms with Crippen molar-refractivity contribution in [2.45, 2.75) is 26.2 Å². The predicted molar refractivity (Wildman–Crippen MR) is 66.0 cm³/mol. The zero-order valence-electron chi connectivity index (χ0n) is 9.90. The molecule has 0 bridgehead atoms. The van der Waals surface area contributed by atoms with Crippen LogP contribution < -0.4 is 0 Å². The lowest BCUT2D eigenvalue weighted by Gasteiger charge is -2.04. The molecule has 1 aromatic carbocycles. The van der Waals surface area contributed by atoms with Crippen LogP contribution >= 0.6 is 0 Å².